The topological polar surface area (TPSA) is 24.5 Å². The maximum Gasteiger partial charge on any atom is 0.127 e. The predicted octanol–water partition coefficient (Wildman–Crippen LogP) is 4.89. The first-order valence-corrected chi connectivity index (χ1v) is 8.08. The third kappa shape index (κ3) is 5.24. The minimum atomic E-state index is 0.708. The molecule has 0 fully saturated rings. The van der Waals surface area contributed by atoms with Gasteiger partial charge in [0.05, 0.1) is 0 Å². The van der Waals surface area contributed by atoms with Gasteiger partial charge in [-0.3, -0.25) is 0 Å². The number of hydrogen-bond acceptors (Lipinski definition) is 3. The van der Waals surface area contributed by atoms with E-state index < -0.39 is 0 Å². The average molecular weight is 319 g/mol. The molecular formula is C18H23ClN2O. The fourth-order valence-electron chi connectivity index (χ4n) is 2.18. The number of likely N-dealkylation sites (N-methyl/N-ethyl adjacent to an activating group) is 1. The first-order chi connectivity index (χ1) is 10.7. The highest BCUT2D eigenvalue weighted by Gasteiger charge is 2.00. The van der Waals surface area contributed by atoms with E-state index in [2.05, 4.69) is 24.1 Å². The molecule has 3 nitrogen and oxygen atoms in total. The van der Waals surface area contributed by atoms with Crippen molar-refractivity contribution in [2.75, 3.05) is 31.5 Å². The number of hydrogen-bond donors (Lipinski definition) is 1. The van der Waals surface area contributed by atoms with Crippen molar-refractivity contribution in [2.45, 2.75) is 13.8 Å². The Hall–Kier alpha value is -1.71. The molecule has 0 heterocycles. The smallest absolute Gasteiger partial charge is 0.127 e. The zero-order chi connectivity index (χ0) is 15.8. The molecule has 22 heavy (non-hydrogen) atoms. The van der Waals surface area contributed by atoms with Crippen LogP contribution in [0.15, 0.2) is 48.5 Å². The molecular weight excluding hydrogens is 296 g/mol. The zero-order valence-corrected chi connectivity index (χ0v) is 13.9. The van der Waals surface area contributed by atoms with Crippen LogP contribution in [0.3, 0.4) is 0 Å². The number of anilines is 1. The molecule has 0 unspecified atom stereocenters. The number of ether oxygens (including phenoxy) is 1. The van der Waals surface area contributed by atoms with Crippen molar-refractivity contribution in [3.8, 4) is 11.5 Å². The summed E-state index contributed by atoms with van der Waals surface area (Å²) < 4.78 is 5.77. The lowest BCUT2D eigenvalue weighted by molar-refractivity contribution is 0.316. The van der Waals surface area contributed by atoms with Gasteiger partial charge in [-0.05, 0) is 61.6 Å². The molecule has 0 saturated carbocycles. The molecule has 2 rings (SSSR count). The number of benzene rings is 2. The fourth-order valence-corrected chi connectivity index (χ4v) is 2.30. The van der Waals surface area contributed by atoms with Crippen LogP contribution in [0, 0.1) is 0 Å². The van der Waals surface area contributed by atoms with E-state index in [1.165, 1.54) is 0 Å². The SMILES string of the molecule is CCN(CC)CCNc1ccc(Oc2ccc(Cl)cc2)cc1. The molecule has 118 valence electrons. The molecule has 1 N–H and O–H groups in total. The summed E-state index contributed by atoms with van der Waals surface area (Å²) >= 11 is 5.86. The summed E-state index contributed by atoms with van der Waals surface area (Å²) in [4.78, 5) is 2.39. The van der Waals surface area contributed by atoms with Crippen molar-refractivity contribution in [1.82, 2.24) is 4.90 Å². The van der Waals surface area contributed by atoms with Crippen LogP contribution in [-0.4, -0.2) is 31.1 Å². The summed E-state index contributed by atoms with van der Waals surface area (Å²) in [5, 5.41) is 4.14. The standard InChI is InChI=1S/C18H23ClN2O/c1-3-21(4-2)14-13-20-16-7-11-18(12-8-16)22-17-9-5-15(19)6-10-17/h5-12,20H,3-4,13-14H2,1-2H3. The van der Waals surface area contributed by atoms with Crippen LogP contribution in [0.4, 0.5) is 5.69 Å². The monoisotopic (exact) mass is 318 g/mol. The van der Waals surface area contributed by atoms with E-state index in [9.17, 15) is 0 Å². The van der Waals surface area contributed by atoms with E-state index in [-0.39, 0.29) is 0 Å². The molecule has 0 bridgehead atoms. The molecule has 2 aromatic rings. The summed E-state index contributed by atoms with van der Waals surface area (Å²) in [6.07, 6.45) is 0. The Labute approximate surface area is 137 Å². The molecule has 0 aliphatic heterocycles. The Morgan fingerprint density at radius 3 is 2.00 bits per heavy atom. The maximum absolute atomic E-state index is 5.86. The van der Waals surface area contributed by atoms with E-state index in [1.54, 1.807) is 0 Å². The van der Waals surface area contributed by atoms with E-state index in [4.69, 9.17) is 16.3 Å². The molecule has 4 heteroatoms. The maximum atomic E-state index is 5.86. The molecule has 2 aromatic carbocycles. The molecule has 0 saturated heterocycles. The highest BCUT2D eigenvalue weighted by molar-refractivity contribution is 6.30. The Morgan fingerprint density at radius 1 is 0.909 bits per heavy atom. The Morgan fingerprint density at radius 2 is 1.45 bits per heavy atom. The Balaban J connectivity index is 1.83. The van der Waals surface area contributed by atoms with Crippen molar-refractivity contribution in [2.24, 2.45) is 0 Å². The first kappa shape index (κ1) is 16.7. The van der Waals surface area contributed by atoms with Crippen molar-refractivity contribution >= 4 is 17.3 Å². The number of rotatable bonds is 8. The van der Waals surface area contributed by atoms with Crippen LogP contribution in [0.25, 0.3) is 0 Å². The summed E-state index contributed by atoms with van der Waals surface area (Å²) in [6, 6.07) is 15.4. The van der Waals surface area contributed by atoms with Crippen LogP contribution in [0.1, 0.15) is 13.8 Å². The fraction of sp³-hybridized carbons (Fsp3) is 0.333. The first-order valence-electron chi connectivity index (χ1n) is 7.71. The number of nitrogens with zero attached hydrogens (tertiary/aromatic N) is 1. The summed E-state index contributed by atoms with van der Waals surface area (Å²) in [7, 11) is 0. The molecule has 0 amide bonds. The lowest BCUT2D eigenvalue weighted by Crippen LogP contribution is -2.28. The quantitative estimate of drug-likeness (QED) is 0.750. The van der Waals surface area contributed by atoms with Gasteiger partial charge in [-0.1, -0.05) is 25.4 Å². The summed E-state index contributed by atoms with van der Waals surface area (Å²) in [6.45, 7) is 8.55. The van der Waals surface area contributed by atoms with Crippen molar-refractivity contribution < 1.29 is 4.74 Å². The van der Waals surface area contributed by atoms with Crippen LogP contribution in [-0.2, 0) is 0 Å². The molecule has 0 spiro atoms. The van der Waals surface area contributed by atoms with Gasteiger partial charge < -0.3 is 15.0 Å². The molecule has 0 aliphatic carbocycles. The molecule has 0 atom stereocenters. The van der Waals surface area contributed by atoms with E-state index in [0.717, 1.165) is 43.4 Å². The summed E-state index contributed by atoms with van der Waals surface area (Å²) in [5.41, 5.74) is 1.11. The van der Waals surface area contributed by atoms with Crippen LogP contribution >= 0.6 is 11.6 Å². The third-order valence-corrected chi connectivity index (χ3v) is 3.81. The largest absolute Gasteiger partial charge is 0.457 e. The van der Waals surface area contributed by atoms with Gasteiger partial charge in [0.15, 0.2) is 0 Å². The van der Waals surface area contributed by atoms with Gasteiger partial charge in [-0.2, -0.15) is 0 Å². The highest BCUT2D eigenvalue weighted by Crippen LogP contribution is 2.24. The van der Waals surface area contributed by atoms with Gasteiger partial charge in [-0.25, -0.2) is 0 Å². The van der Waals surface area contributed by atoms with Gasteiger partial charge in [0.2, 0.25) is 0 Å². The van der Waals surface area contributed by atoms with Crippen molar-refractivity contribution in [3.05, 3.63) is 53.6 Å². The molecule has 0 aromatic heterocycles. The second-order valence-electron chi connectivity index (χ2n) is 5.03. The van der Waals surface area contributed by atoms with Crippen LogP contribution < -0.4 is 10.1 Å². The lowest BCUT2D eigenvalue weighted by atomic mass is 10.3. The molecule has 0 aliphatic rings. The zero-order valence-electron chi connectivity index (χ0n) is 13.2. The van der Waals surface area contributed by atoms with Crippen LogP contribution in [0.2, 0.25) is 5.02 Å². The predicted molar refractivity (Wildman–Crippen MR) is 94.2 cm³/mol. The Bertz CT molecular complexity index is 550. The van der Waals surface area contributed by atoms with Gasteiger partial charge in [0, 0.05) is 23.8 Å². The van der Waals surface area contributed by atoms with Gasteiger partial charge in [-0.15, -0.1) is 0 Å². The van der Waals surface area contributed by atoms with Gasteiger partial charge >= 0.3 is 0 Å². The van der Waals surface area contributed by atoms with Crippen molar-refractivity contribution in [1.29, 1.82) is 0 Å². The third-order valence-electron chi connectivity index (χ3n) is 3.56. The van der Waals surface area contributed by atoms with E-state index >= 15 is 0 Å². The van der Waals surface area contributed by atoms with Crippen molar-refractivity contribution in [3.63, 3.8) is 0 Å². The second kappa shape index (κ2) is 8.66. The molecule has 0 radical (unpaired) electrons. The number of halogens is 1. The minimum Gasteiger partial charge on any atom is -0.457 e. The Kier molecular flexibility index (Phi) is 6.56. The van der Waals surface area contributed by atoms with E-state index in [1.807, 2.05) is 48.5 Å². The van der Waals surface area contributed by atoms with Crippen LogP contribution in [0.5, 0.6) is 11.5 Å². The normalized spacial score (nSPS) is 10.7. The van der Waals surface area contributed by atoms with Gasteiger partial charge in [0.25, 0.3) is 0 Å². The number of nitrogens with one attached hydrogen (secondary N) is 1. The average Bonchev–Trinajstić information content (AvgIpc) is 2.55. The minimum absolute atomic E-state index is 0.708. The highest BCUT2D eigenvalue weighted by atomic mass is 35.5. The van der Waals surface area contributed by atoms with Gasteiger partial charge in [0.1, 0.15) is 11.5 Å². The summed E-state index contributed by atoms with van der Waals surface area (Å²) in [5.74, 6) is 1.60. The van der Waals surface area contributed by atoms with E-state index in [0.29, 0.717) is 5.02 Å². The second-order valence-corrected chi connectivity index (χ2v) is 5.47. The lowest BCUT2D eigenvalue weighted by Gasteiger charge is -2.18.